The van der Waals surface area contributed by atoms with Crippen LogP contribution in [0, 0.1) is 0 Å². The van der Waals surface area contributed by atoms with Gasteiger partial charge in [0.25, 0.3) is 0 Å². The molecule has 0 aromatic rings. The zero-order valence-corrected chi connectivity index (χ0v) is 7.72. The SMILES string of the molecule is CC(C)(CO)NN.O=C(O)C(F)(F)F. The Morgan fingerprint density at radius 3 is 1.71 bits per heavy atom. The molecule has 0 bridgehead atoms. The number of rotatable bonds is 2. The molecule has 86 valence electrons. The Kier molecular flexibility index (Phi) is 6.45. The number of carboxylic acids is 1. The highest BCUT2D eigenvalue weighted by Gasteiger charge is 2.38. The van der Waals surface area contributed by atoms with E-state index in [-0.39, 0.29) is 12.1 Å². The van der Waals surface area contributed by atoms with Crippen LogP contribution >= 0.6 is 0 Å². The van der Waals surface area contributed by atoms with E-state index in [4.69, 9.17) is 20.9 Å². The van der Waals surface area contributed by atoms with E-state index in [1.165, 1.54) is 0 Å². The van der Waals surface area contributed by atoms with Crippen LogP contribution in [0.15, 0.2) is 0 Å². The number of nitrogens with two attached hydrogens (primary N) is 1. The molecule has 0 aliphatic carbocycles. The molecule has 0 radical (unpaired) electrons. The van der Waals surface area contributed by atoms with E-state index in [0.29, 0.717) is 0 Å². The van der Waals surface area contributed by atoms with Crippen molar-refractivity contribution in [2.45, 2.75) is 25.6 Å². The summed E-state index contributed by atoms with van der Waals surface area (Å²) in [5, 5.41) is 15.6. The second kappa shape index (κ2) is 5.78. The first-order valence-electron chi connectivity index (χ1n) is 3.45. The lowest BCUT2D eigenvalue weighted by Crippen LogP contribution is -2.46. The Morgan fingerprint density at radius 2 is 1.71 bits per heavy atom. The highest BCUT2D eigenvalue weighted by Crippen LogP contribution is 2.13. The van der Waals surface area contributed by atoms with Crippen molar-refractivity contribution in [2.75, 3.05) is 6.61 Å². The predicted octanol–water partition coefficient (Wildman–Crippen LogP) is -0.146. The van der Waals surface area contributed by atoms with Gasteiger partial charge in [0.15, 0.2) is 0 Å². The van der Waals surface area contributed by atoms with Crippen molar-refractivity contribution < 1.29 is 28.2 Å². The summed E-state index contributed by atoms with van der Waals surface area (Å²) in [4.78, 5) is 8.90. The smallest absolute Gasteiger partial charge is 0.475 e. The Morgan fingerprint density at radius 1 is 1.43 bits per heavy atom. The lowest BCUT2D eigenvalue weighted by atomic mass is 10.1. The molecule has 0 saturated carbocycles. The van der Waals surface area contributed by atoms with Crippen LogP contribution in [0.3, 0.4) is 0 Å². The third-order valence-corrected chi connectivity index (χ3v) is 1.03. The van der Waals surface area contributed by atoms with E-state index in [2.05, 4.69) is 5.43 Å². The van der Waals surface area contributed by atoms with Gasteiger partial charge in [0.2, 0.25) is 0 Å². The van der Waals surface area contributed by atoms with Gasteiger partial charge in [-0.25, -0.2) is 4.79 Å². The lowest BCUT2D eigenvalue weighted by molar-refractivity contribution is -0.192. The van der Waals surface area contributed by atoms with Gasteiger partial charge in [0, 0.05) is 5.54 Å². The minimum Gasteiger partial charge on any atom is -0.475 e. The first kappa shape index (κ1) is 15.6. The number of hydrazine groups is 1. The molecule has 0 fully saturated rings. The molecule has 0 aromatic heterocycles. The molecule has 0 spiro atoms. The summed E-state index contributed by atoms with van der Waals surface area (Å²) >= 11 is 0. The van der Waals surface area contributed by atoms with Gasteiger partial charge in [0.05, 0.1) is 6.61 Å². The molecule has 0 rings (SSSR count). The van der Waals surface area contributed by atoms with Gasteiger partial charge in [-0.15, -0.1) is 0 Å². The number of carboxylic acid groups (broad SMARTS) is 1. The molecule has 0 heterocycles. The van der Waals surface area contributed by atoms with Crippen LogP contribution in [0.25, 0.3) is 0 Å². The molecular formula is C6H13F3N2O3. The first-order valence-corrected chi connectivity index (χ1v) is 3.45. The van der Waals surface area contributed by atoms with Crippen molar-refractivity contribution in [2.24, 2.45) is 5.84 Å². The van der Waals surface area contributed by atoms with Crippen molar-refractivity contribution >= 4 is 5.97 Å². The molecule has 0 unspecified atom stereocenters. The highest BCUT2D eigenvalue weighted by molar-refractivity contribution is 5.73. The van der Waals surface area contributed by atoms with Crippen LogP contribution in [0.5, 0.6) is 0 Å². The quantitative estimate of drug-likeness (QED) is 0.382. The van der Waals surface area contributed by atoms with E-state index in [1.807, 2.05) is 13.8 Å². The Balaban J connectivity index is 0. The van der Waals surface area contributed by atoms with Gasteiger partial charge in [-0.2, -0.15) is 13.2 Å². The summed E-state index contributed by atoms with van der Waals surface area (Å²) in [6.45, 7) is 3.68. The molecule has 0 atom stereocenters. The average molecular weight is 218 g/mol. The summed E-state index contributed by atoms with van der Waals surface area (Å²) in [5.41, 5.74) is 2.11. The maximum absolute atomic E-state index is 10.6. The maximum atomic E-state index is 10.6. The zero-order valence-electron chi connectivity index (χ0n) is 7.72. The van der Waals surface area contributed by atoms with Crippen molar-refractivity contribution in [1.29, 1.82) is 0 Å². The summed E-state index contributed by atoms with van der Waals surface area (Å²) < 4.78 is 31.7. The Hall–Kier alpha value is -0.860. The standard InChI is InChI=1S/C4H12N2O.C2HF3O2/c1-4(2,3-7)6-5;3-2(4,5)1(6)7/h6-7H,3,5H2,1-2H3;(H,6,7). The second-order valence-corrected chi connectivity index (χ2v) is 2.99. The summed E-state index contributed by atoms with van der Waals surface area (Å²) in [6, 6.07) is 0. The van der Waals surface area contributed by atoms with Crippen LogP contribution < -0.4 is 11.3 Å². The third kappa shape index (κ3) is 9.23. The average Bonchev–Trinajstić information content (AvgIpc) is 2.04. The summed E-state index contributed by atoms with van der Waals surface area (Å²) in [6.07, 6.45) is -5.08. The van der Waals surface area contributed by atoms with Crippen molar-refractivity contribution in [3.8, 4) is 0 Å². The largest absolute Gasteiger partial charge is 0.490 e. The van der Waals surface area contributed by atoms with E-state index in [0.717, 1.165) is 0 Å². The molecule has 0 aliphatic heterocycles. The Bertz CT molecular complexity index is 176. The van der Waals surface area contributed by atoms with Crippen LogP contribution in [-0.2, 0) is 4.79 Å². The number of hydrogen-bond acceptors (Lipinski definition) is 4. The van der Waals surface area contributed by atoms with E-state index in [9.17, 15) is 13.2 Å². The van der Waals surface area contributed by atoms with Crippen LogP contribution in [0.4, 0.5) is 13.2 Å². The van der Waals surface area contributed by atoms with E-state index < -0.39 is 12.1 Å². The van der Waals surface area contributed by atoms with E-state index in [1.54, 1.807) is 0 Å². The van der Waals surface area contributed by atoms with Gasteiger partial charge >= 0.3 is 12.1 Å². The number of aliphatic carboxylic acids is 1. The van der Waals surface area contributed by atoms with Gasteiger partial charge in [-0.3, -0.25) is 11.3 Å². The summed E-state index contributed by atoms with van der Waals surface area (Å²) in [7, 11) is 0. The molecule has 0 aromatic carbocycles. The first-order chi connectivity index (χ1) is 6.06. The number of alkyl halides is 3. The Labute approximate surface area is 78.7 Å². The summed E-state index contributed by atoms with van der Waals surface area (Å²) in [5.74, 6) is 2.25. The molecule has 14 heavy (non-hydrogen) atoms. The molecule has 0 amide bonds. The fourth-order valence-electron chi connectivity index (χ4n) is 0.0456. The van der Waals surface area contributed by atoms with Gasteiger partial charge < -0.3 is 10.2 Å². The lowest BCUT2D eigenvalue weighted by Gasteiger charge is -2.18. The van der Waals surface area contributed by atoms with Crippen molar-refractivity contribution in [1.82, 2.24) is 5.43 Å². The number of halogens is 3. The molecule has 5 nitrogen and oxygen atoms in total. The van der Waals surface area contributed by atoms with Gasteiger partial charge in [-0.1, -0.05) is 0 Å². The molecule has 8 heteroatoms. The number of nitrogens with one attached hydrogen (secondary N) is 1. The number of aliphatic hydroxyl groups is 1. The minimum atomic E-state index is -5.08. The maximum Gasteiger partial charge on any atom is 0.490 e. The molecular weight excluding hydrogens is 205 g/mol. The number of carbonyl (C=O) groups is 1. The highest BCUT2D eigenvalue weighted by atomic mass is 19.4. The van der Waals surface area contributed by atoms with Crippen LogP contribution in [0.1, 0.15) is 13.8 Å². The number of aliphatic hydroxyl groups excluding tert-OH is 1. The second-order valence-electron chi connectivity index (χ2n) is 2.99. The third-order valence-electron chi connectivity index (χ3n) is 1.03. The monoisotopic (exact) mass is 218 g/mol. The fourth-order valence-corrected chi connectivity index (χ4v) is 0.0456. The van der Waals surface area contributed by atoms with Crippen LogP contribution in [0.2, 0.25) is 0 Å². The fraction of sp³-hybridized carbons (Fsp3) is 0.833. The van der Waals surface area contributed by atoms with E-state index >= 15 is 0 Å². The molecule has 0 aliphatic rings. The predicted molar refractivity (Wildman–Crippen MR) is 42.2 cm³/mol. The normalized spacial score (nSPS) is 11.6. The van der Waals surface area contributed by atoms with Gasteiger partial charge in [0.1, 0.15) is 0 Å². The van der Waals surface area contributed by atoms with Crippen molar-refractivity contribution in [3.05, 3.63) is 0 Å². The van der Waals surface area contributed by atoms with Crippen molar-refractivity contribution in [3.63, 3.8) is 0 Å². The molecule has 5 N–H and O–H groups in total. The molecule has 0 saturated heterocycles. The zero-order chi connectivity index (χ0) is 12.0. The minimum absolute atomic E-state index is 0.0590. The van der Waals surface area contributed by atoms with Gasteiger partial charge in [-0.05, 0) is 13.8 Å². The number of hydrogen-bond donors (Lipinski definition) is 4. The van der Waals surface area contributed by atoms with Crippen LogP contribution in [-0.4, -0.2) is 34.5 Å². The topological polar surface area (TPSA) is 95.6 Å².